The van der Waals surface area contributed by atoms with Gasteiger partial charge < -0.3 is 9.88 Å². The Morgan fingerprint density at radius 2 is 1.80 bits per heavy atom. The molecule has 15 heavy (non-hydrogen) atoms. The maximum Gasteiger partial charge on any atom is 0.166 e. The first kappa shape index (κ1) is 12.0. The van der Waals surface area contributed by atoms with E-state index >= 15 is 0 Å². The highest BCUT2D eigenvalue weighted by Gasteiger charge is 2.15. The molecule has 0 unspecified atom stereocenters. The lowest BCUT2D eigenvalue weighted by molar-refractivity contribution is 0.0971. The number of ketones is 1. The number of rotatable bonds is 4. The quantitative estimate of drug-likeness (QED) is 0.769. The van der Waals surface area contributed by atoms with Gasteiger partial charge in [0.25, 0.3) is 0 Å². The van der Waals surface area contributed by atoms with E-state index in [1.165, 1.54) is 0 Å². The SMILES string of the molecule is Cc1[nH]c(C)c(C(=O)CCN(C)C)c1C. The first-order valence-corrected chi connectivity index (χ1v) is 5.27. The van der Waals surface area contributed by atoms with Gasteiger partial charge in [-0.15, -0.1) is 0 Å². The van der Waals surface area contributed by atoms with Gasteiger partial charge in [0.15, 0.2) is 5.78 Å². The van der Waals surface area contributed by atoms with E-state index in [0.717, 1.165) is 29.1 Å². The highest BCUT2D eigenvalue weighted by Crippen LogP contribution is 2.18. The summed E-state index contributed by atoms with van der Waals surface area (Å²) < 4.78 is 0. The van der Waals surface area contributed by atoms with E-state index in [0.29, 0.717) is 6.42 Å². The van der Waals surface area contributed by atoms with Crippen LogP contribution in [0.3, 0.4) is 0 Å². The summed E-state index contributed by atoms with van der Waals surface area (Å²) in [5, 5.41) is 0. The number of carbonyl (C=O) groups excluding carboxylic acids is 1. The molecule has 0 aliphatic carbocycles. The maximum absolute atomic E-state index is 12.0. The minimum atomic E-state index is 0.239. The van der Waals surface area contributed by atoms with Crippen molar-refractivity contribution in [2.75, 3.05) is 20.6 Å². The molecule has 0 saturated heterocycles. The van der Waals surface area contributed by atoms with Crippen molar-refractivity contribution in [2.24, 2.45) is 0 Å². The van der Waals surface area contributed by atoms with Crippen LogP contribution < -0.4 is 0 Å². The van der Waals surface area contributed by atoms with Gasteiger partial charge in [-0.1, -0.05) is 0 Å². The molecular formula is C12H20N2O. The fourth-order valence-electron chi connectivity index (χ4n) is 1.77. The number of aromatic amines is 1. The lowest BCUT2D eigenvalue weighted by Gasteiger charge is -2.08. The lowest BCUT2D eigenvalue weighted by atomic mass is 10.0. The second-order valence-corrected chi connectivity index (χ2v) is 4.35. The fourth-order valence-corrected chi connectivity index (χ4v) is 1.77. The van der Waals surface area contributed by atoms with E-state index in [1.54, 1.807) is 0 Å². The van der Waals surface area contributed by atoms with Crippen molar-refractivity contribution in [2.45, 2.75) is 27.2 Å². The summed E-state index contributed by atoms with van der Waals surface area (Å²) in [4.78, 5) is 17.2. The van der Waals surface area contributed by atoms with Crippen LogP contribution in [-0.4, -0.2) is 36.3 Å². The van der Waals surface area contributed by atoms with Crippen molar-refractivity contribution in [3.8, 4) is 0 Å². The highest BCUT2D eigenvalue weighted by atomic mass is 16.1. The predicted molar refractivity (Wildman–Crippen MR) is 62.5 cm³/mol. The molecule has 1 aromatic rings. The van der Waals surface area contributed by atoms with Gasteiger partial charge in [-0.05, 0) is 40.4 Å². The van der Waals surface area contributed by atoms with E-state index in [4.69, 9.17) is 0 Å². The summed E-state index contributed by atoms with van der Waals surface area (Å²) in [6, 6.07) is 0. The first-order valence-electron chi connectivity index (χ1n) is 5.27. The number of aromatic nitrogens is 1. The second-order valence-electron chi connectivity index (χ2n) is 4.35. The largest absolute Gasteiger partial charge is 0.362 e. The molecule has 1 heterocycles. The van der Waals surface area contributed by atoms with Crippen LogP contribution in [0.4, 0.5) is 0 Å². The average Bonchev–Trinajstić information content (AvgIpc) is 2.37. The van der Waals surface area contributed by atoms with Gasteiger partial charge in [-0.3, -0.25) is 4.79 Å². The molecule has 0 radical (unpaired) electrons. The molecular weight excluding hydrogens is 188 g/mol. The smallest absolute Gasteiger partial charge is 0.166 e. The third kappa shape index (κ3) is 2.69. The summed E-state index contributed by atoms with van der Waals surface area (Å²) in [7, 11) is 3.96. The summed E-state index contributed by atoms with van der Waals surface area (Å²) in [5.74, 6) is 0.239. The Hall–Kier alpha value is -1.09. The van der Waals surface area contributed by atoms with E-state index in [-0.39, 0.29) is 5.78 Å². The van der Waals surface area contributed by atoms with E-state index < -0.39 is 0 Å². The second kappa shape index (κ2) is 4.62. The maximum atomic E-state index is 12.0. The van der Waals surface area contributed by atoms with Crippen LogP contribution in [-0.2, 0) is 0 Å². The fraction of sp³-hybridized carbons (Fsp3) is 0.583. The lowest BCUT2D eigenvalue weighted by Crippen LogP contribution is -2.17. The number of aryl methyl sites for hydroxylation is 2. The molecule has 0 aromatic carbocycles. The van der Waals surface area contributed by atoms with Gasteiger partial charge >= 0.3 is 0 Å². The van der Waals surface area contributed by atoms with Crippen molar-refractivity contribution in [1.29, 1.82) is 0 Å². The Labute approximate surface area is 91.5 Å². The Morgan fingerprint density at radius 1 is 1.20 bits per heavy atom. The molecule has 0 bridgehead atoms. The molecule has 1 rings (SSSR count). The Bertz CT molecular complexity index is 364. The van der Waals surface area contributed by atoms with Gasteiger partial charge in [0.1, 0.15) is 0 Å². The van der Waals surface area contributed by atoms with Crippen LogP contribution in [0.15, 0.2) is 0 Å². The van der Waals surface area contributed by atoms with Gasteiger partial charge in [0, 0.05) is 29.9 Å². The highest BCUT2D eigenvalue weighted by molar-refractivity contribution is 5.99. The third-order valence-electron chi connectivity index (χ3n) is 2.75. The van der Waals surface area contributed by atoms with Crippen molar-refractivity contribution in [1.82, 2.24) is 9.88 Å². The zero-order valence-electron chi connectivity index (χ0n) is 10.3. The van der Waals surface area contributed by atoms with Gasteiger partial charge in [0.2, 0.25) is 0 Å². The standard InChI is InChI=1S/C12H20N2O/c1-8-9(2)13-10(3)12(8)11(15)6-7-14(4)5/h13H,6-7H2,1-5H3. The van der Waals surface area contributed by atoms with Crippen LogP contribution in [0, 0.1) is 20.8 Å². The third-order valence-corrected chi connectivity index (χ3v) is 2.75. The number of nitrogens with one attached hydrogen (secondary N) is 1. The molecule has 3 nitrogen and oxygen atoms in total. The zero-order chi connectivity index (χ0) is 11.6. The number of carbonyl (C=O) groups is 1. The molecule has 84 valence electrons. The Balaban J connectivity index is 2.82. The van der Waals surface area contributed by atoms with Crippen LogP contribution in [0.5, 0.6) is 0 Å². The van der Waals surface area contributed by atoms with Crippen LogP contribution in [0.2, 0.25) is 0 Å². The van der Waals surface area contributed by atoms with Crippen molar-refractivity contribution in [3.05, 3.63) is 22.5 Å². The molecule has 1 N–H and O–H groups in total. The molecule has 0 amide bonds. The minimum absolute atomic E-state index is 0.239. The molecule has 3 heteroatoms. The van der Waals surface area contributed by atoms with E-state index in [9.17, 15) is 4.79 Å². The van der Waals surface area contributed by atoms with E-state index in [1.807, 2.05) is 39.8 Å². The number of H-pyrrole nitrogens is 1. The van der Waals surface area contributed by atoms with E-state index in [2.05, 4.69) is 4.98 Å². The predicted octanol–water partition coefficient (Wildman–Crippen LogP) is 2.07. The van der Waals surface area contributed by atoms with Crippen molar-refractivity contribution in [3.63, 3.8) is 0 Å². The van der Waals surface area contributed by atoms with Gasteiger partial charge in [-0.2, -0.15) is 0 Å². The van der Waals surface area contributed by atoms with Crippen LogP contribution in [0.25, 0.3) is 0 Å². The van der Waals surface area contributed by atoms with Crippen molar-refractivity contribution >= 4 is 5.78 Å². The van der Waals surface area contributed by atoms with Crippen LogP contribution >= 0.6 is 0 Å². The molecule has 0 atom stereocenters. The monoisotopic (exact) mass is 208 g/mol. The van der Waals surface area contributed by atoms with Gasteiger partial charge in [0.05, 0.1) is 0 Å². The molecule has 1 aromatic heterocycles. The average molecular weight is 208 g/mol. The number of hydrogen-bond acceptors (Lipinski definition) is 2. The summed E-state index contributed by atoms with van der Waals surface area (Å²) in [6.45, 7) is 6.78. The molecule has 0 saturated carbocycles. The zero-order valence-corrected chi connectivity index (χ0v) is 10.3. The van der Waals surface area contributed by atoms with Crippen molar-refractivity contribution < 1.29 is 4.79 Å². The Morgan fingerprint density at radius 3 is 2.20 bits per heavy atom. The number of Topliss-reactive ketones (excluding diaryl/α,β-unsaturated/α-hetero) is 1. The Kier molecular flexibility index (Phi) is 3.69. The molecule has 0 fully saturated rings. The summed E-state index contributed by atoms with van der Waals surface area (Å²) in [5.41, 5.74) is 4.07. The normalized spacial score (nSPS) is 11.1. The number of nitrogens with zero attached hydrogens (tertiary/aromatic N) is 1. The molecule has 0 aliphatic heterocycles. The summed E-state index contributed by atoms with van der Waals surface area (Å²) in [6.07, 6.45) is 0.589. The topological polar surface area (TPSA) is 36.1 Å². The molecule has 0 spiro atoms. The van der Waals surface area contributed by atoms with Gasteiger partial charge in [-0.25, -0.2) is 0 Å². The minimum Gasteiger partial charge on any atom is -0.362 e. The number of hydrogen-bond donors (Lipinski definition) is 1. The summed E-state index contributed by atoms with van der Waals surface area (Å²) >= 11 is 0. The van der Waals surface area contributed by atoms with Crippen LogP contribution in [0.1, 0.15) is 33.7 Å². The molecule has 0 aliphatic rings. The first-order chi connectivity index (χ1) is 6.93.